The van der Waals surface area contributed by atoms with Crippen molar-refractivity contribution in [1.29, 1.82) is 0 Å². The van der Waals surface area contributed by atoms with Crippen molar-refractivity contribution in [2.24, 2.45) is 7.05 Å². The second-order valence-electron chi connectivity index (χ2n) is 5.32. The molecule has 2 aromatic rings. The van der Waals surface area contributed by atoms with Crippen LogP contribution in [0.25, 0.3) is 6.08 Å². The van der Waals surface area contributed by atoms with Gasteiger partial charge in [0, 0.05) is 24.0 Å². The maximum Gasteiger partial charge on any atom is 0.293 e. The minimum atomic E-state index is -0.423. The number of benzene rings is 1. The van der Waals surface area contributed by atoms with Crippen LogP contribution in [-0.2, 0) is 18.4 Å². The van der Waals surface area contributed by atoms with Gasteiger partial charge in [0.15, 0.2) is 0 Å². The molecule has 3 rings (SSSR count). The predicted octanol–water partition coefficient (Wildman–Crippen LogP) is 3.71. The molecule has 1 aromatic heterocycles. The Bertz CT molecular complexity index is 826. The SMILES string of the molecule is Cc1ccc(/C=C2\SC(=O)N(Cc3ccccc3F)C2=O)n1C. The number of imide groups is 1. The molecule has 0 saturated carbocycles. The molecular formula is C17H15FN2O2S. The second kappa shape index (κ2) is 6.04. The Morgan fingerprint density at radius 3 is 2.57 bits per heavy atom. The zero-order chi connectivity index (χ0) is 16.6. The number of amides is 2. The summed E-state index contributed by atoms with van der Waals surface area (Å²) in [7, 11) is 1.89. The van der Waals surface area contributed by atoms with Gasteiger partial charge in [-0.25, -0.2) is 4.39 Å². The molecule has 6 heteroatoms. The molecule has 0 bridgehead atoms. The van der Waals surface area contributed by atoms with Crippen LogP contribution in [0, 0.1) is 12.7 Å². The molecule has 1 aromatic carbocycles. The Morgan fingerprint density at radius 2 is 1.91 bits per heavy atom. The third kappa shape index (κ3) is 2.94. The van der Waals surface area contributed by atoms with Crippen LogP contribution >= 0.6 is 11.8 Å². The molecule has 4 nitrogen and oxygen atoms in total. The van der Waals surface area contributed by atoms with Crippen LogP contribution in [0.2, 0.25) is 0 Å². The minimum absolute atomic E-state index is 0.0547. The van der Waals surface area contributed by atoms with E-state index in [9.17, 15) is 14.0 Å². The largest absolute Gasteiger partial charge is 0.348 e. The first-order valence-corrected chi connectivity index (χ1v) is 7.90. The number of halogens is 1. The molecule has 1 aliphatic rings. The molecule has 0 unspecified atom stereocenters. The Kier molecular flexibility index (Phi) is 4.09. The number of nitrogens with zero attached hydrogens (tertiary/aromatic N) is 2. The molecule has 118 valence electrons. The summed E-state index contributed by atoms with van der Waals surface area (Å²) < 4.78 is 15.7. The second-order valence-corrected chi connectivity index (χ2v) is 6.31. The van der Waals surface area contributed by atoms with Gasteiger partial charge in [0.05, 0.1) is 11.4 Å². The zero-order valence-corrected chi connectivity index (χ0v) is 13.6. The molecule has 1 aliphatic heterocycles. The van der Waals surface area contributed by atoms with Gasteiger partial charge in [-0.3, -0.25) is 14.5 Å². The summed E-state index contributed by atoms with van der Waals surface area (Å²) in [4.78, 5) is 26.0. The summed E-state index contributed by atoms with van der Waals surface area (Å²) in [6.07, 6.45) is 1.69. The van der Waals surface area contributed by atoms with Crippen LogP contribution < -0.4 is 0 Å². The van der Waals surface area contributed by atoms with Gasteiger partial charge in [-0.2, -0.15) is 0 Å². The van der Waals surface area contributed by atoms with Crippen molar-refractivity contribution in [2.45, 2.75) is 13.5 Å². The lowest BCUT2D eigenvalue weighted by molar-refractivity contribution is -0.123. The zero-order valence-electron chi connectivity index (χ0n) is 12.7. The molecule has 0 spiro atoms. The average Bonchev–Trinajstić information content (AvgIpc) is 2.97. The van der Waals surface area contributed by atoms with Crippen molar-refractivity contribution < 1.29 is 14.0 Å². The maximum absolute atomic E-state index is 13.7. The Hall–Kier alpha value is -2.34. The highest BCUT2D eigenvalue weighted by Crippen LogP contribution is 2.33. The van der Waals surface area contributed by atoms with Crippen LogP contribution in [0.15, 0.2) is 41.3 Å². The summed E-state index contributed by atoms with van der Waals surface area (Å²) in [6, 6.07) is 9.97. The summed E-state index contributed by atoms with van der Waals surface area (Å²) in [5, 5.41) is -0.379. The van der Waals surface area contributed by atoms with Crippen molar-refractivity contribution in [3.8, 4) is 0 Å². The Labute approximate surface area is 137 Å². The first kappa shape index (κ1) is 15.6. The molecule has 0 atom stereocenters. The van der Waals surface area contributed by atoms with Gasteiger partial charge in [-0.05, 0) is 43.0 Å². The number of carbonyl (C=O) groups excluding carboxylic acids is 2. The lowest BCUT2D eigenvalue weighted by atomic mass is 10.2. The van der Waals surface area contributed by atoms with E-state index in [-0.39, 0.29) is 17.7 Å². The van der Waals surface area contributed by atoms with Crippen LogP contribution in [-0.4, -0.2) is 20.6 Å². The molecule has 1 saturated heterocycles. The van der Waals surface area contributed by atoms with E-state index in [2.05, 4.69) is 0 Å². The molecule has 23 heavy (non-hydrogen) atoms. The van der Waals surface area contributed by atoms with Crippen LogP contribution in [0.5, 0.6) is 0 Å². The lowest BCUT2D eigenvalue weighted by Gasteiger charge is -2.12. The van der Waals surface area contributed by atoms with E-state index in [0.717, 1.165) is 28.0 Å². The molecule has 1 fully saturated rings. The fourth-order valence-corrected chi connectivity index (χ4v) is 3.17. The molecule has 0 radical (unpaired) electrons. The quantitative estimate of drug-likeness (QED) is 0.806. The highest BCUT2D eigenvalue weighted by molar-refractivity contribution is 8.18. The van der Waals surface area contributed by atoms with Crippen LogP contribution in [0.1, 0.15) is 17.0 Å². The number of aryl methyl sites for hydroxylation is 1. The standard InChI is InChI=1S/C17H15FN2O2S/c1-11-7-8-13(19(11)2)9-15-16(21)20(17(22)23-15)10-12-5-3-4-6-14(12)18/h3-9H,10H2,1-2H3/b15-9-. The Morgan fingerprint density at radius 1 is 1.17 bits per heavy atom. The topological polar surface area (TPSA) is 42.3 Å². The Balaban J connectivity index is 1.86. The molecular weight excluding hydrogens is 315 g/mol. The predicted molar refractivity (Wildman–Crippen MR) is 88.1 cm³/mol. The van der Waals surface area contributed by atoms with Gasteiger partial charge in [-0.15, -0.1) is 0 Å². The monoisotopic (exact) mass is 330 g/mol. The van der Waals surface area contributed by atoms with Crippen molar-refractivity contribution in [1.82, 2.24) is 9.47 Å². The first-order valence-electron chi connectivity index (χ1n) is 7.08. The van der Waals surface area contributed by atoms with Gasteiger partial charge < -0.3 is 4.57 Å². The number of rotatable bonds is 3. The highest BCUT2D eigenvalue weighted by atomic mass is 32.2. The van der Waals surface area contributed by atoms with E-state index in [4.69, 9.17) is 0 Å². The fourth-order valence-electron chi connectivity index (χ4n) is 2.35. The normalized spacial score (nSPS) is 16.7. The summed E-state index contributed by atoms with van der Waals surface area (Å²) in [5.74, 6) is -0.810. The number of hydrogen-bond acceptors (Lipinski definition) is 3. The molecule has 2 heterocycles. The van der Waals surface area contributed by atoms with Gasteiger partial charge in [0.2, 0.25) is 0 Å². The lowest BCUT2D eigenvalue weighted by Crippen LogP contribution is -2.27. The van der Waals surface area contributed by atoms with E-state index >= 15 is 0 Å². The molecule has 0 aliphatic carbocycles. The molecule has 0 N–H and O–H groups in total. The van der Waals surface area contributed by atoms with Crippen LogP contribution in [0.4, 0.5) is 9.18 Å². The first-order chi connectivity index (χ1) is 11.0. The van der Waals surface area contributed by atoms with E-state index in [0.29, 0.717) is 10.5 Å². The van der Waals surface area contributed by atoms with E-state index in [1.807, 2.05) is 30.7 Å². The van der Waals surface area contributed by atoms with Crippen molar-refractivity contribution in [3.05, 3.63) is 64.1 Å². The smallest absolute Gasteiger partial charge is 0.293 e. The highest BCUT2D eigenvalue weighted by Gasteiger charge is 2.35. The van der Waals surface area contributed by atoms with Gasteiger partial charge in [0.1, 0.15) is 5.82 Å². The number of carbonyl (C=O) groups is 2. The summed E-state index contributed by atoms with van der Waals surface area (Å²) in [6.45, 7) is 1.90. The van der Waals surface area contributed by atoms with Gasteiger partial charge in [0.25, 0.3) is 11.1 Å². The van der Waals surface area contributed by atoms with Gasteiger partial charge >= 0.3 is 0 Å². The van der Waals surface area contributed by atoms with E-state index < -0.39 is 5.82 Å². The van der Waals surface area contributed by atoms with Crippen molar-refractivity contribution in [2.75, 3.05) is 0 Å². The van der Waals surface area contributed by atoms with E-state index in [1.54, 1.807) is 24.3 Å². The number of thioether (sulfide) groups is 1. The molecule has 2 amide bonds. The van der Waals surface area contributed by atoms with Gasteiger partial charge in [-0.1, -0.05) is 18.2 Å². The van der Waals surface area contributed by atoms with Crippen molar-refractivity contribution in [3.63, 3.8) is 0 Å². The van der Waals surface area contributed by atoms with Crippen LogP contribution in [0.3, 0.4) is 0 Å². The summed E-state index contributed by atoms with van der Waals surface area (Å²) >= 11 is 0.882. The van der Waals surface area contributed by atoms with E-state index in [1.165, 1.54) is 6.07 Å². The minimum Gasteiger partial charge on any atom is -0.348 e. The maximum atomic E-state index is 13.7. The number of aromatic nitrogens is 1. The average molecular weight is 330 g/mol. The fraction of sp³-hybridized carbons (Fsp3) is 0.176. The third-order valence-corrected chi connectivity index (χ3v) is 4.76. The van der Waals surface area contributed by atoms with Crippen molar-refractivity contribution >= 4 is 29.0 Å². The summed E-state index contributed by atoms with van der Waals surface area (Å²) in [5.41, 5.74) is 2.23. The third-order valence-electron chi connectivity index (χ3n) is 3.85. The number of hydrogen-bond donors (Lipinski definition) is 0.